The summed E-state index contributed by atoms with van der Waals surface area (Å²) < 4.78 is 0. The number of hydrogen-bond donors (Lipinski definition) is 0. The van der Waals surface area contributed by atoms with Crippen molar-refractivity contribution in [3.05, 3.63) is 54.9 Å². The first-order chi connectivity index (χ1) is 6.13. The Bertz CT molecular complexity index is 297. The van der Waals surface area contributed by atoms with Gasteiger partial charge in [-0.25, -0.2) is 0 Å². The van der Waals surface area contributed by atoms with Gasteiger partial charge in [-0.05, 0) is 26.0 Å². The monoisotopic (exact) mass is 173 g/mol. The molecule has 0 saturated carbocycles. The number of anilines is 1. The van der Waals surface area contributed by atoms with Crippen LogP contribution in [0.25, 0.3) is 0 Å². The lowest BCUT2D eigenvalue weighted by Gasteiger charge is -2.24. The summed E-state index contributed by atoms with van der Waals surface area (Å²) in [6.07, 6.45) is 0. The molecule has 1 aromatic rings. The molecule has 0 radical (unpaired) electrons. The van der Waals surface area contributed by atoms with Crippen LogP contribution >= 0.6 is 0 Å². The number of benzene rings is 1. The Balaban J connectivity index is 3.03. The SMILES string of the molecule is C=C(C)N(C(=C)C)c1ccccc1. The summed E-state index contributed by atoms with van der Waals surface area (Å²) in [5.74, 6) is 0. The molecule has 13 heavy (non-hydrogen) atoms. The van der Waals surface area contributed by atoms with Gasteiger partial charge in [0, 0.05) is 17.1 Å². The first-order valence-corrected chi connectivity index (χ1v) is 4.29. The van der Waals surface area contributed by atoms with Gasteiger partial charge in [0.1, 0.15) is 0 Å². The standard InChI is InChI=1S/C12H15N/c1-10(2)13(11(3)4)12-8-6-5-7-9-12/h5-9H,1,3H2,2,4H3. The minimum absolute atomic E-state index is 0.985. The van der Waals surface area contributed by atoms with Gasteiger partial charge in [-0.1, -0.05) is 31.4 Å². The second kappa shape index (κ2) is 3.94. The van der Waals surface area contributed by atoms with E-state index in [9.17, 15) is 0 Å². The Hall–Kier alpha value is -1.50. The van der Waals surface area contributed by atoms with Crippen molar-refractivity contribution < 1.29 is 0 Å². The molecular formula is C12H15N. The molecule has 0 N–H and O–H groups in total. The second-order valence-electron chi connectivity index (χ2n) is 3.14. The fourth-order valence-corrected chi connectivity index (χ4v) is 1.34. The summed E-state index contributed by atoms with van der Waals surface area (Å²) in [4.78, 5) is 2.03. The largest absolute Gasteiger partial charge is 0.320 e. The zero-order valence-corrected chi connectivity index (χ0v) is 8.25. The van der Waals surface area contributed by atoms with Gasteiger partial charge < -0.3 is 4.90 Å². The maximum atomic E-state index is 3.92. The van der Waals surface area contributed by atoms with Crippen LogP contribution in [-0.2, 0) is 0 Å². The zero-order chi connectivity index (χ0) is 9.84. The van der Waals surface area contributed by atoms with Gasteiger partial charge in [-0.3, -0.25) is 0 Å². The van der Waals surface area contributed by atoms with E-state index in [4.69, 9.17) is 0 Å². The lowest BCUT2D eigenvalue weighted by molar-refractivity contribution is 1.08. The van der Waals surface area contributed by atoms with Gasteiger partial charge in [-0.15, -0.1) is 0 Å². The third kappa shape index (κ3) is 2.22. The quantitative estimate of drug-likeness (QED) is 0.675. The average molecular weight is 173 g/mol. The predicted octanol–water partition coefficient (Wildman–Crippen LogP) is 3.56. The summed E-state index contributed by atoms with van der Waals surface area (Å²) in [5, 5.41) is 0. The molecule has 0 unspecified atom stereocenters. The van der Waals surface area contributed by atoms with E-state index >= 15 is 0 Å². The van der Waals surface area contributed by atoms with E-state index in [-0.39, 0.29) is 0 Å². The van der Waals surface area contributed by atoms with Crippen LogP contribution in [0.3, 0.4) is 0 Å². The maximum Gasteiger partial charge on any atom is 0.0454 e. The third-order valence-corrected chi connectivity index (χ3v) is 1.78. The second-order valence-corrected chi connectivity index (χ2v) is 3.14. The molecule has 0 atom stereocenters. The molecule has 0 saturated heterocycles. The fourth-order valence-electron chi connectivity index (χ4n) is 1.34. The highest BCUT2D eigenvalue weighted by Gasteiger charge is 2.05. The van der Waals surface area contributed by atoms with Crippen molar-refractivity contribution in [3.63, 3.8) is 0 Å². The normalized spacial score (nSPS) is 9.38. The van der Waals surface area contributed by atoms with E-state index in [0.29, 0.717) is 0 Å². The van der Waals surface area contributed by atoms with Crippen molar-refractivity contribution in [1.29, 1.82) is 0 Å². The van der Waals surface area contributed by atoms with E-state index in [1.165, 1.54) is 0 Å². The maximum absolute atomic E-state index is 3.92. The summed E-state index contributed by atoms with van der Waals surface area (Å²) in [6, 6.07) is 10.1. The smallest absolute Gasteiger partial charge is 0.0454 e. The first kappa shape index (κ1) is 9.59. The number of hydrogen-bond acceptors (Lipinski definition) is 1. The summed E-state index contributed by atoms with van der Waals surface area (Å²) in [5.41, 5.74) is 3.08. The molecular weight excluding hydrogens is 158 g/mol. The Morgan fingerprint density at radius 1 is 1.00 bits per heavy atom. The minimum Gasteiger partial charge on any atom is -0.320 e. The zero-order valence-electron chi connectivity index (χ0n) is 8.25. The molecule has 1 heteroatoms. The van der Waals surface area contributed by atoms with Gasteiger partial charge in [0.05, 0.1) is 0 Å². The molecule has 0 aliphatic heterocycles. The van der Waals surface area contributed by atoms with Crippen molar-refractivity contribution in [2.75, 3.05) is 4.90 Å². The molecule has 0 aliphatic carbocycles. The Labute approximate surface area is 80.0 Å². The summed E-state index contributed by atoms with van der Waals surface area (Å²) in [7, 11) is 0. The highest BCUT2D eigenvalue weighted by atomic mass is 15.1. The van der Waals surface area contributed by atoms with Crippen molar-refractivity contribution >= 4 is 5.69 Å². The molecule has 0 heterocycles. The Morgan fingerprint density at radius 2 is 1.46 bits per heavy atom. The topological polar surface area (TPSA) is 3.24 Å². The lowest BCUT2D eigenvalue weighted by atomic mass is 10.2. The van der Waals surface area contributed by atoms with Crippen LogP contribution in [0.5, 0.6) is 0 Å². The van der Waals surface area contributed by atoms with Crippen molar-refractivity contribution in [3.8, 4) is 0 Å². The molecule has 1 rings (SSSR count). The van der Waals surface area contributed by atoms with E-state index in [0.717, 1.165) is 17.1 Å². The highest BCUT2D eigenvalue weighted by Crippen LogP contribution is 2.21. The van der Waals surface area contributed by atoms with Gasteiger partial charge >= 0.3 is 0 Å². The number of nitrogens with zero attached hydrogens (tertiary/aromatic N) is 1. The third-order valence-electron chi connectivity index (χ3n) is 1.78. The van der Waals surface area contributed by atoms with E-state index < -0.39 is 0 Å². The molecule has 1 nitrogen and oxygen atoms in total. The molecule has 68 valence electrons. The van der Waals surface area contributed by atoms with E-state index in [2.05, 4.69) is 13.2 Å². The van der Waals surface area contributed by atoms with Crippen LogP contribution in [0.2, 0.25) is 0 Å². The molecule has 0 amide bonds. The molecule has 0 aromatic heterocycles. The van der Waals surface area contributed by atoms with Crippen LogP contribution in [0.15, 0.2) is 54.9 Å². The highest BCUT2D eigenvalue weighted by molar-refractivity contribution is 5.56. The molecule has 0 spiro atoms. The van der Waals surface area contributed by atoms with E-state index in [1.54, 1.807) is 0 Å². The van der Waals surface area contributed by atoms with Gasteiger partial charge in [0.25, 0.3) is 0 Å². The number of para-hydroxylation sites is 1. The van der Waals surface area contributed by atoms with Gasteiger partial charge in [-0.2, -0.15) is 0 Å². The number of rotatable bonds is 3. The Kier molecular flexibility index (Phi) is 2.91. The fraction of sp³-hybridized carbons (Fsp3) is 0.167. The first-order valence-electron chi connectivity index (χ1n) is 4.29. The lowest BCUT2D eigenvalue weighted by Crippen LogP contribution is -2.16. The summed E-state index contributed by atoms with van der Waals surface area (Å²) in [6.45, 7) is 11.8. The van der Waals surface area contributed by atoms with E-state index in [1.807, 2.05) is 49.1 Å². The molecule has 0 aliphatic rings. The van der Waals surface area contributed by atoms with Crippen LogP contribution in [-0.4, -0.2) is 0 Å². The van der Waals surface area contributed by atoms with Crippen molar-refractivity contribution in [1.82, 2.24) is 0 Å². The molecule has 0 fully saturated rings. The Morgan fingerprint density at radius 3 is 1.85 bits per heavy atom. The van der Waals surface area contributed by atoms with Crippen molar-refractivity contribution in [2.24, 2.45) is 0 Å². The van der Waals surface area contributed by atoms with Crippen LogP contribution in [0.4, 0.5) is 5.69 Å². The molecule has 1 aromatic carbocycles. The summed E-state index contributed by atoms with van der Waals surface area (Å²) >= 11 is 0. The van der Waals surface area contributed by atoms with Gasteiger partial charge in [0.15, 0.2) is 0 Å². The van der Waals surface area contributed by atoms with Crippen LogP contribution < -0.4 is 4.90 Å². The molecule has 0 bridgehead atoms. The van der Waals surface area contributed by atoms with Gasteiger partial charge in [0.2, 0.25) is 0 Å². The van der Waals surface area contributed by atoms with Crippen molar-refractivity contribution in [2.45, 2.75) is 13.8 Å². The predicted molar refractivity (Wildman–Crippen MR) is 58.5 cm³/mol. The minimum atomic E-state index is 0.985. The van der Waals surface area contributed by atoms with Crippen LogP contribution in [0.1, 0.15) is 13.8 Å². The average Bonchev–Trinajstić information content (AvgIpc) is 2.04. The van der Waals surface area contributed by atoms with Crippen LogP contribution in [0, 0.1) is 0 Å². The number of allylic oxidation sites excluding steroid dienone is 2.